The van der Waals surface area contributed by atoms with Crippen LogP contribution in [0.1, 0.15) is 56.3 Å². The number of carbonyl (C=O) groups is 2. The molecule has 0 aliphatic heterocycles. The Balaban J connectivity index is 1.35. The number of aromatic nitrogens is 2. The highest BCUT2D eigenvalue weighted by atomic mass is 19.1. The fourth-order valence-corrected chi connectivity index (χ4v) is 5.00. The van der Waals surface area contributed by atoms with E-state index in [-0.39, 0.29) is 29.7 Å². The van der Waals surface area contributed by atoms with Gasteiger partial charge >= 0.3 is 5.97 Å². The SMILES string of the molecule is CCOC(=O)C[C@H](C)[C@H]1CC[C@H](NC(=O)c2ccc(-c3nn(C)c4cccc(F)c34)cc2)CC1. The topological polar surface area (TPSA) is 73.2 Å². The number of esters is 1. The van der Waals surface area contributed by atoms with Crippen molar-refractivity contribution in [1.82, 2.24) is 15.1 Å². The van der Waals surface area contributed by atoms with E-state index in [9.17, 15) is 14.0 Å². The fourth-order valence-electron chi connectivity index (χ4n) is 5.00. The van der Waals surface area contributed by atoms with Crippen molar-refractivity contribution >= 4 is 22.8 Å². The Morgan fingerprint density at radius 1 is 1.15 bits per heavy atom. The highest BCUT2D eigenvalue weighted by Crippen LogP contribution is 2.33. The summed E-state index contributed by atoms with van der Waals surface area (Å²) < 4.78 is 21.2. The molecule has 1 saturated carbocycles. The molecule has 34 heavy (non-hydrogen) atoms. The molecule has 1 heterocycles. The first-order valence-electron chi connectivity index (χ1n) is 12.1. The van der Waals surface area contributed by atoms with Gasteiger partial charge in [-0.15, -0.1) is 0 Å². The van der Waals surface area contributed by atoms with Crippen molar-refractivity contribution in [2.75, 3.05) is 6.61 Å². The van der Waals surface area contributed by atoms with Crippen LogP contribution in [0.15, 0.2) is 42.5 Å². The number of fused-ring (bicyclic) bond motifs is 1. The van der Waals surface area contributed by atoms with Gasteiger partial charge in [0.05, 0.1) is 17.5 Å². The maximum absolute atomic E-state index is 14.4. The van der Waals surface area contributed by atoms with Gasteiger partial charge in [-0.25, -0.2) is 4.39 Å². The number of hydrogen-bond acceptors (Lipinski definition) is 4. The molecular weight excluding hydrogens is 433 g/mol. The van der Waals surface area contributed by atoms with E-state index in [1.165, 1.54) is 6.07 Å². The van der Waals surface area contributed by atoms with Crippen LogP contribution in [0.2, 0.25) is 0 Å². The summed E-state index contributed by atoms with van der Waals surface area (Å²) in [5.74, 6) is 0.220. The maximum atomic E-state index is 14.4. The number of rotatable bonds is 7. The zero-order chi connectivity index (χ0) is 24.2. The normalized spacial score (nSPS) is 19.1. The van der Waals surface area contributed by atoms with E-state index in [1.807, 2.05) is 25.1 Å². The van der Waals surface area contributed by atoms with E-state index in [1.54, 1.807) is 29.9 Å². The van der Waals surface area contributed by atoms with E-state index in [0.717, 1.165) is 36.8 Å². The number of ether oxygens (including phenoxy) is 1. The van der Waals surface area contributed by atoms with Crippen LogP contribution < -0.4 is 5.32 Å². The minimum Gasteiger partial charge on any atom is -0.466 e. The average molecular weight is 466 g/mol. The number of amides is 1. The first-order chi connectivity index (χ1) is 16.4. The zero-order valence-electron chi connectivity index (χ0n) is 20.0. The van der Waals surface area contributed by atoms with Crippen LogP contribution in [0.4, 0.5) is 4.39 Å². The maximum Gasteiger partial charge on any atom is 0.306 e. The van der Waals surface area contributed by atoms with Crippen LogP contribution in [-0.2, 0) is 16.6 Å². The minimum absolute atomic E-state index is 0.105. The van der Waals surface area contributed by atoms with E-state index >= 15 is 0 Å². The smallest absolute Gasteiger partial charge is 0.306 e. The molecule has 0 radical (unpaired) electrons. The van der Waals surface area contributed by atoms with Gasteiger partial charge in [-0.05, 0) is 68.7 Å². The molecule has 4 rings (SSSR count). The second-order valence-corrected chi connectivity index (χ2v) is 9.26. The van der Waals surface area contributed by atoms with E-state index < -0.39 is 0 Å². The van der Waals surface area contributed by atoms with Gasteiger partial charge in [0, 0.05) is 30.6 Å². The molecule has 2 aromatic carbocycles. The fraction of sp³-hybridized carbons (Fsp3) is 0.444. The molecular formula is C27H32FN3O3. The molecule has 1 amide bonds. The molecule has 3 aromatic rings. The third kappa shape index (κ3) is 5.13. The predicted octanol–water partition coefficient (Wildman–Crippen LogP) is 5.26. The minimum atomic E-state index is -0.311. The lowest BCUT2D eigenvalue weighted by Crippen LogP contribution is -2.38. The van der Waals surface area contributed by atoms with Crippen molar-refractivity contribution in [3.63, 3.8) is 0 Å². The zero-order valence-corrected chi connectivity index (χ0v) is 20.0. The van der Waals surface area contributed by atoms with Crippen LogP contribution in [0.25, 0.3) is 22.2 Å². The molecule has 6 nitrogen and oxygen atoms in total. The standard InChI is InChI=1S/C27H32FN3O3/c1-4-34-24(32)16-17(2)18-12-14-21(15-13-18)29-27(33)20-10-8-19(9-11-20)26-25-22(28)6-5-7-23(25)31(3)30-26/h5-11,17-18,21H,4,12-16H2,1-3H3,(H,29,33)/t17-,18-,21-/m0/s1. The summed E-state index contributed by atoms with van der Waals surface area (Å²) in [6, 6.07) is 12.2. The summed E-state index contributed by atoms with van der Waals surface area (Å²) >= 11 is 0. The number of carbonyl (C=O) groups excluding carboxylic acids is 2. The Morgan fingerprint density at radius 2 is 1.85 bits per heavy atom. The molecule has 7 heteroatoms. The van der Waals surface area contributed by atoms with E-state index in [0.29, 0.717) is 35.6 Å². The summed E-state index contributed by atoms with van der Waals surface area (Å²) in [4.78, 5) is 24.6. The summed E-state index contributed by atoms with van der Waals surface area (Å²) in [6.45, 7) is 4.35. The van der Waals surface area contributed by atoms with Crippen LogP contribution in [0.3, 0.4) is 0 Å². The van der Waals surface area contributed by atoms with Crippen molar-refractivity contribution in [2.24, 2.45) is 18.9 Å². The molecule has 0 saturated heterocycles. The van der Waals surface area contributed by atoms with Gasteiger partial charge in [0.2, 0.25) is 0 Å². The quantitative estimate of drug-likeness (QED) is 0.483. The molecule has 1 atom stereocenters. The van der Waals surface area contributed by atoms with Gasteiger partial charge in [-0.1, -0.05) is 25.1 Å². The van der Waals surface area contributed by atoms with Gasteiger partial charge < -0.3 is 10.1 Å². The van der Waals surface area contributed by atoms with Crippen LogP contribution in [-0.4, -0.2) is 34.3 Å². The summed E-state index contributed by atoms with van der Waals surface area (Å²) in [5, 5.41) is 8.12. The van der Waals surface area contributed by atoms with Gasteiger partial charge in [-0.3, -0.25) is 14.3 Å². The van der Waals surface area contributed by atoms with Gasteiger partial charge in [-0.2, -0.15) is 5.10 Å². The molecule has 0 unspecified atom stereocenters. The first kappa shape index (κ1) is 23.9. The summed E-state index contributed by atoms with van der Waals surface area (Å²) in [6.07, 6.45) is 4.24. The number of benzene rings is 2. The summed E-state index contributed by atoms with van der Waals surface area (Å²) in [7, 11) is 1.79. The molecule has 0 bridgehead atoms. The Bertz CT molecular complexity index is 1160. The second kappa shape index (κ2) is 10.4. The highest BCUT2D eigenvalue weighted by Gasteiger charge is 2.27. The van der Waals surface area contributed by atoms with Crippen molar-refractivity contribution in [3.05, 3.63) is 53.8 Å². The third-order valence-electron chi connectivity index (χ3n) is 6.95. The molecule has 0 spiro atoms. The molecule has 1 aliphatic carbocycles. The average Bonchev–Trinajstić information content (AvgIpc) is 3.17. The Morgan fingerprint density at radius 3 is 2.53 bits per heavy atom. The van der Waals surface area contributed by atoms with Crippen molar-refractivity contribution in [2.45, 2.75) is 52.0 Å². The van der Waals surface area contributed by atoms with E-state index in [2.05, 4.69) is 17.3 Å². The Hall–Kier alpha value is -3.22. The first-order valence-corrected chi connectivity index (χ1v) is 12.1. The van der Waals surface area contributed by atoms with Crippen molar-refractivity contribution in [1.29, 1.82) is 0 Å². The van der Waals surface area contributed by atoms with Gasteiger partial charge in [0.15, 0.2) is 0 Å². The van der Waals surface area contributed by atoms with Crippen molar-refractivity contribution < 1.29 is 18.7 Å². The van der Waals surface area contributed by atoms with Crippen LogP contribution in [0.5, 0.6) is 0 Å². The molecule has 1 fully saturated rings. The lowest BCUT2D eigenvalue weighted by atomic mass is 9.77. The van der Waals surface area contributed by atoms with Crippen LogP contribution >= 0.6 is 0 Å². The number of nitrogens with one attached hydrogen (secondary N) is 1. The number of nitrogens with zero attached hydrogens (tertiary/aromatic N) is 2. The van der Waals surface area contributed by atoms with E-state index in [4.69, 9.17) is 4.74 Å². The monoisotopic (exact) mass is 465 g/mol. The lowest BCUT2D eigenvalue weighted by Gasteiger charge is -2.32. The molecule has 1 aromatic heterocycles. The predicted molar refractivity (Wildman–Crippen MR) is 130 cm³/mol. The summed E-state index contributed by atoms with van der Waals surface area (Å²) in [5.41, 5.74) is 2.63. The molecule has 1 N–H and O–H groups in total. The van der Waals surface area contributed by atoms with Gasteiger partial charge in [0.1, 0.15) is 11.5 Å². The second-order valence-electron chi connectivity index (χ2n) is 9.26. The third-order valence-corrected chi connectivity index (χ3v) is 6.95. The highest BCUT2D eigenvalue weighted by molar-refractivity contribution is 5.97. The number of halogens is 1. The molecule has 1 aliphatic rings. The number of hydrogen-bond donors (Lipinski definition) is 1. The Kier molecular flexibility index (Phi) is 7.29. The largest absolute Gasteiger partial charge is 0.466 e. The Labute approximate surface area is 199 Å². The number of aryl methyl sites for hydroxylation is 1. The molecule has 180 valence electrons. The van der Waals surface area contributed by atoms with Crippen LogP contribution in [0, 0.1) is 17.7 Å². The van der Waals surface area contributed by atoms with Crippen molar-refractivity contribution in [3.8, 4) is 11.3 Å². The lowest BCUT2D eigenvalue weighted by molar-refractivity contribution is -0.144. The van der Waals surface area contributed by atoms with Gasteiger partial charge in [0.25, 0.3) is 5.91 Å².